The highest BCUT2D eigenvalue weighted by Gasteiger charge is 2.28. The van der Waals surface area contributed by atoms with Crippen LogP contribution in [0.4, 0.5) is 0 Å². The molecule has 0 amide bonds. The fraction of sp³-hybridized carbons (Fsp3) is 0.400. The highest BCUT2D eigenvalue weighted by Crippen LogP contribution is 2.44. The molecule has 0 saturated carbocycles. The highest BCUT2D eigenvalue weighted by molar-refractivity contribution is 5.93. The van der Waals surface area contributed by atoms with Crippen molar-refractivity contribution in [2.75, 3.05) is 13.7 Å². The van der Waals surface area contributed by atoms with Crippen LogP contribution in [0.15, 0.2) is 15.3 Å². The van der Waals surface area contributed by atoms with E-state index in [1.807, 2.05) is 13.0 Å². The Kier molecular flexibility index (Phi) is 2.55. The number of aryl methyl sites for hydroxylation is 1. The van der Waals surface area contributed by atoms with Gasteiger partial charge in [-0.1, -0.05) is 6.92 Å². The summed E-state index contributed by atoms with van der Waals surface area (Å²) in [6.45, 7) is 6.26. The summed E-state index contributed by atoms with van der Waals surface area (Å²) >= 11 is 0. The molecule has 1 aliphatic heterocycles. The molecule has 0 spiro atoms. The van der Waals surface area contributed by atoms with Crippen molar-refractivity contribution in [3.05, 3.63) is 33.2 Å². The van der Waals surface area contributed by atoms with Gasteiger partial charge in [0.1, 0.15) is 17.1 Å². The van der Waals surface area contributed by atoms with Crippen molar-refractivity contribution in [3.63, 3.8) is 0 Å². The van der Waals surface area contributed by atoms with E-state index in [0.29, 0.717) is 23.5 Å². The number of methoxy groups -OCH3 is 1. The van der Waals surface area contributed by atoms with Crippen molar-refractivity contribution in [2.24, 2.45) is 0 Å². The SMILES string of the molecule is COc1cc(C)c2oc(=O)c(C)c3c2c1C(C)CO3. The second kappa shape index (κ2) is 4.02. The maximum absolute atomic E-state index is 11.9. The van der Waals surface area contributed by atoms with Gasteiger partial charge in [0.15, 0.2) is 0 Å². The van der Waals surface area contributed by atoms with Crippen LogP contribution < -0.4 is 15.1 Å². The average Bonchev–Trinajstić information content (AvgIpc) is 2.39. The monoisotopic (exact) mass is 260 g/mol. The van der Waals surface area contributed by atoms with Crippen LogP contribution in [-0.4, -0.2) is 13.7 Å². The fourth-order valence-corrected chi connectivity index (χ4v) is 2.72. The molecule has 4 nitrogen and oxygen atoms in total. The van der Waals surface area contributed by atoms with Gasteiger partial charge in [-0.25, -0.2) is 4.79 Å². The molecule has 0 fully saturated rings. The third-order valence-electron chi connectivity index (χ3n) is 3.73. The maximum atomic E-state index is 11.9. The molecule has 0 N–H and O–H groups in total. The van der Waals surface area contributed by atoms with Gasteiger partial charge < -0.3 is 13.9 Å². The molecule has 0 aliphatic carbocycles. The standard InChI is InChI=1S/C15H16O4/c1-7-5-10(17-4)11-8(2)6-18-14-9(3)15(16)19-13(7)12(11)14/h5,8H,6H2,1-4H3. The Morgan fingerprint density at radius 1 is 1.37 bits per heavy atom. The van der Waals surface area contributed by atoms with Crippen LogP contribution in [0.25, 0.3) is 11.0 Å². The largest absolute Gasteiger partial charge is 0.496 e. The Morgan fingerprint density at radius 2 is 2.11 bits per heavy atom. The van der Waals surface area contributed by atoms with Crippen LogP contribution in [0.3, 0.4) is 0 Å². The molecule has 19 heavy (non-hydrogen) atoms. The Balaban J connectivity index is 2.57. The lowest BCUT2D eigenvalue weighted by molar-refractivity contribution is 0.280. The minimum absolute atomic E-state index is 0.206. The second-order valence-electron chi connectivity index (χ2n) is 5.07. The predicted octanol–water partition coefficient (Wildman–Crippen LogP) is 2.91. The van der Waals surface area contributed by atoms with Gasteiger partial charge in [0.25, 0.3) is 0 Å². The first-order chi connectivity index (χ1) is 9.04. The topological polar surface area (TPSA) is 48.7 Å². The zero-order chi connectivity index (χ0) is 13.7. The van der Waals surface area contributed by atoms with Gasteiger partial charge >= 0.3 is 5.63 Å². The second-order valence-corrected chi connectivity index (χ2v) is 5.07. The number of rotatable bonds is 1. The Morgan fingerprint density at radius 3 is 2.79 bits per heavy atom. The molecular weight excluding hydrogens is 244 g/mol. The third-order valence-corrected chi connectivity index (χ3v) is 3.73. The lowest BCUT2D eigenvalue weighted by atomic mass is 9.91. The number of hydrogen-bond acceptors (Lipinski definition) is 4. The third kappa shape index (κ3) is 1.56. The van der Waals surface area contributed by atoms with E-state index >= 15 is 0 Å². The molecule has 4 heteroatoms. The van der Waals surface area contributed by atoms with Crippen molar-refractivity contribution < 1.29 is 13.9 Å². The highest BCUT2D eigenvalue weighted by atomic mass is 16.5. The molecule has 1 unspecified atom stereocenters. The van der Waals surface area contributed by atoms with Crippen molar-refractivity contribution in [2.45, 2.75) is 26.7 Å². The molecule has 1 atom stereocenters. The van der Waals surface area contributed by atoms with Crippen LogP contribution in [0.1, 0.15) is 29.5 Å². The molecule has 0 bridgehead atoms. The first-order valence-corrected chi connectivity index (χ1v) is 6.32. The molecule has 2 aromatic rings. The molecule has 2 heterocycles. The van der Waals surface area contributed by atoms with Crippen LogP contribution in [0.2, 0.25) is 0 Å². The molecule has 0 radical (unpaired) electrons. The summed E-state index contributed by atoms with van der Waals surface area (Å²) < 4.78 is 16.7. The normalized spacial score (nSPS) is 17.4. The van der Waals surface area contributed by atoms with Crippen molar-refractivity contribution in [3.8, 4) is 11.5 Å². The van der Waals surface area contributed by atoms with E-state index in [0.717, 1.165) is 22.3 Å². The predicted molar refractivity (Wildman–Crippen MR) is 72.4 cm³/mol. The van der Waals surface area contributed by atoms with E-state index in [9.17, 15) is 4.79 Å². The molecule has 3 rings (SSSR count). The number of hydrogen-bond donors (Lipinski definition) is 0. The van der Waals surface area contributed by atoms with Gasteiger partial charge in [-0.05, 0) is 25.5 Å². The van der Waals surface area contributed by atoms with Gasteiger partial charge in [0.2, 0.25) is 0 Å². The van der Waals surface area contributed by atoms with Gasteiger partial charge in [-0.3, -0.25) is 0 Å². The van der Waals surface area contributed by atoms with E-state index in [4.69, 9.17) is 13.9 Å². The molecule has 1 aromatic heterocycles. The van der Waals surface area contributed by atoms with E-state index in [1.165, 1.54) is 0 Å². The van der Waals surface area contributed by atoms with E-state index in [2.05, 4.69) is 6.92 Å². The fourth-order valence-electron chi connectivity index (χ4n) is 2.72. The average molecular weight is 260 g/mol. The summed E-state index contributed by atoms with van der Waals surface area (Å²) in [5.41, 5.74) is 2.74. The van der Waals surface area contributed by atoms with E-state index in [-0.39, 0.29) is 11.5 Å². The summed E-state index contributed by atoms with van der Waals surface area (Å²) in [4.78, 5) is 11.9. The van der Waals surface area contributed by atoms with Crippen LogP contribution >= 0.6 is 0 Å². The number of ether oxygens (including phenoxy) is 2. The summed E-state index contributed by atoms with van der Waals surface area (Å²) in [5, 5.41) is 0.882. The van der Waals surface area contributed by atoms with Gasteiger partial charge in [0, 0.05) is 11.5 Å². The summed E-state index contributed by atoms with van der Waals surface area (Å²) in [5.74, 6) is 1.68. The summed E-state index contributed by atoms with van der Waals surface area (Å²) in [7, 11) is 1.66. The van der Waals surface area contributed by atoms with Crippen molar-refractivity contribution in [1.29, 1.82) is 0 Å². The van der Waals surface area contributed by atoms with E-state index < -0.39 is 0 Å². The first kappa shape index (κ1) is 12.1. The smallest absolute Gasteiger partial charge is 0.342 e. The minimum Gasteiger partial charge on any atom is -0.496 e. The zero-order valence-electron chi connectivity index (χ0n) is 11.5. The molecule has 1 aromatic carbocycles. The quantitative estimate of drug-likeness (QED) is 0.740. The first-order valence-electron chi connectivity index (χ1n) is 6.32. The van der Waals surface area contributed by atoms with Crippen LogP contribution in [0, 0.1) is 13.8 Å². The van der Waals surface area contributed by atoms with Gasteiger partial charge in [0.05, 0.1) is 24.7 Å². The van der Waals surface area contributed by atoms with Crippen molar-refractivity contribution in [1.82, 2.24) is 0 Å². The van der Waals surface area contributed by atoms with Crippen LogP contribution in [0.5, 0.6) is 11.5 Å². The summed E-state index contributed by atoms with van der Waals surface area (Å²) in [6.07, 6.45) is 0. The van der Waals surface area contributed by atoms with Gasteiger partial charge in [-0.2, -0.15) is 0 Å². The number of benzene rings is 1. The molecular formula is C15H16O4. The van der Waals surface area contributed by atoms with Crippen molar-refractivity contribution >= 4 is 11.0 Å². The minimum atomic E-state index is -0.337. The molecule has 1 aliphatic rings. The van der Waals surface area contributed by atoms with Crippen LogP contribution in [-0.2, 0) is 0 Å². The maximum Gasteiger partial charge on any atom is 0.342 e. The van der Waals surface area contributed by atoms with E-state index in [1.54, 1.807) is 14.0 Å². The Bertz CT molecular complexity index is 727. The molecule has 0 saturated heterocycles. The summed E-state index contributed by atoms with van der Waals surface area (Å²) in [6, 6.07) is 1.92. The van der Waals surface area contributed by atoms with Gasteiger partial charge in [-0.15, -0.1) is 0 Å². The Hall–Kier alpha value is -1.97. The lowest BCUT2D eigenvalue weighted by Gasteiger charge is -2.26. The zero-order valence-corrected chi connectivity index (χ0v) is 11.5. The Labute approximate surface area is 110 Å². The molecule has 100 valence electrons. The lowest BCUT2D eigenvalue weighted by Crippen LogP contribution is -2.18.